The number of hydrogen-bond donors (Lipinski definition) is 1. The maximum Gasteiger partial charge on any atom is 0.0576 e. The smallest absolute Gasteiger partial charge is 0.0576 e. The summed E-state index contributed by atoms with van der Waals surface area (Å²) in [6.07, 6.45) is 13.2. The van der Waals surface area contributed by atoms with Gasteiger partial charge in [0.05, 0.1) is 12.2 Å². The molecule has 0 aliphatic carbocycles. The number of rotatable bonds is 7. The molecule has 2 heterocycles. The molecule has 2 rings (SSSR count). The molecule has 3 nitrogen and oxygen atoms in total. The lowest BCUT2D eigenvalue weighted by Crippen LogP contribution is -2.25. The van der Waals surface area contributed by atoms with Crippen LogP contribution in [0.15, 0.2) is 0 Å². The highest BCUT2D eigenvalue weighted by molar-refractivity contribution is 4.71. The molecule has 106 valence electrons. The Morgan fingerprint density at radius 1 is 0.889 bits per heavy atom. The van der Waals surface area contributed by atoms with Crippen molar-refractivity contribution in [1.29, 1.82) is 0 Å². The van der Waals surface area contributed by atoms with E-state index < -0.39 is 0 Å². The van der Waals surface area contributed by atoms with Crippen LogP contribution in [-0.4, -0.2) is 31.5 Å². The Hall–Kier alpha value is -0.120. The lowest BCUT2D eigenvalue weighted by Gasteiger charge is -2.23. The fourth-order valence-corrected chi connectivity index (χ4v) is 3.06. The molecule has 2 aliphatic heterocycles. The van der Waals surface area contributed by atoms with E-state index >= 15 is 0 Å². The van der Waals surface area contributed by atoms with E-state index in [1.807, 2.05) is 0 Å². The highest BCUT2D eigenvalue weighted by Gasteiger charge is 2.17. The van der Waals surface area contributed by atoms with Crippen LogP contribution in [0.4, 0.5) is 0 Å². The van der Waals surface area contributed by atoms with E-state index in [0.717, 1.165) is 32.5 Å². The third-order valence-corrected chi connectivity index (χ3v) is 4.26. The van der Waals surface area contributed by atoms with Gasteiger partial charge in [0.15, 0.2) is 0 Å². The van der Waals surface area contributed by atoms with Crippen molar-refractivity contribution >= 4 is 0 Å². The van der Waals surface area contributed by atoms with Crippen LogP contribution in [-0.2, 0) is 9.47 Å². The van der Waals surface area contributed by atoms with Gasteiger partial charge < -0.3 is 15.2 Å². The molecule has 2 N–H and O–H groups in total. The van der Waals surface area contributed by atoms with Crippen LogP contribution in [0, 0.1) is 0 Å². The first-order chi connectivity index (χ1) is 8.84. The van der Waals surface area contributed by atoms with E-state index in [1.54, 1.807) is 0 Å². The molecular formula is C15H29NO2. The Bertz CT molecular complexity index is 211. The summed E-state index contributed by atoms with van der Waals surface area (Å²) in [5, 5.41) is 0. The SMILES string of the molecule is NC(CCCC1CCCO1)CCC1CCCCO1. The maximum atomic E-state index is 6.18. The topological polar surface area (TPSA) is 44.5 Å². The quantitative estimate of drug-likeness (QED) is 0.760. The van der Waals surface area contributed by atoms with Crippen LogP contribution >= 0.6 is 0 Å². The first kappa shape index (κ1) is 14.3. The molecule has 0 amide bonds. The molecule has 0 aromatic heterocycles. The highest BCUT2D eigenvalue weighted by atomic mass is 16.5. The Morgan fingerprint density at radius 3 is 2.28 bits per heavy atom. The Labute approximate surface area is 111 Å². The molecule has 2 aliphatic rings. The minimum absolute atomic E-state index is 0.358. The lowest BCUT2D eigenvalue weighted by molar-refractivity contribution is 0.00894. The number of ether oxygens (including phenoxy) is 2. The van der Waals surface area contributed by atoms with Crippen molar-refractivity contribution in [2.24, 2.45) is 5.73 Å². The third-order valence-electron chi connectivity index (χ3n) is 4.26. The van der Waals surface area contributed by atoms with Gasteiger partial charge in [-0.1, -0.05) is 0 Å². The molecule has 0 spiro atoms. The summed E-state index contributed by atoms with van der Waals surface area (Å²) in [5.74, 6) is 0. The molecule has 3 unspecified atom stereocenters. The van der Waals surface area contributed by atoms with Gasteiger partial charge in [0.1, 0.15) is 0 Å². The van der Waals surface area contributed by atoms with Crippen molar-refractivity contribution in [2.45, 2.75) is 82.5 Å². The summed E-state index contributed by atoms with van der Waals surface area (Å²) in [4.78, 5) is 0. The molecule has 3 heteroatoms. The standard InChI is InChI=1S/C15H29NO2/c16-13(5-3-7-14-8-4-12-18-14)9-10-15-6-1-2-11-17-15/h13-15H,1-12,16H2. The Morgan fingerprint density at radius 2 is 1.61 bits per heavy atom. The second-order valence-corrected chi connectivity index (χ2v) is 5.89. The van der Waals surface area contributed by atoms with Gasteiger partial charge in [0, 0.05) is 19.3 Å². The Balaban J connectivity index is 1.47. The van der Waals surface area contributed by atoms with Crippen LogP contribution in [0.5, 0.6) is 0 Å². The van der Waals surface area contributed by atoms with Crippen molar-refractivity contribution in [2.75, 3.05) is 13.2 Å². The predicted molar refractivity (Wildman–Crippen MR) is 73.6 cm³/mol. The molecule has 0 aromatic carbocycles. The van der Waals surface area contributed by atoms with Crippen LogP contribution < -0.4 is 5.73 Å². The summed E-state index contributed by atoms with van der Waals surface area (Å²) in [6.45, 7) is 1.93. The molecule has 0 saturated carbocycles. The monoisotopic (exact) mass is 255 g/mol. The molecule has 3 atom stereocenters. The second-order valence-electron chi connectivity index (χ2n) is 5.89. The first-order valence-electron chi connectivity index (χ1n) is 7.83. The molecule has 0 aromatic rings. The minimum Gasteiger partial charge on any atom is -0.378 e. The van der Waals surface area contributed by atoms with E-state index in [0.29, 0.717) is 18.2 Å². The van der Waals surface area contributed by atoms with Crippen molar-refractivity contribution in [3.05, 3.63) is 0 Å². The first-order valence-corrected chi connectivity index (χ1v) is 7.83. The molecule has 2 fully saturated rings. The van der Waals surface area contributed by atoms with Crippen LogP contribution in [0.2, 0.25) is 0 Å². The summed E-state index contributed by atoms with van der Waals surface area (Å²) in [5.41, 5.74) is 6.18. The number of hydrogen-bond acceptors (Lipinski definition) is 3. The average Bonchev–Trinajstić information content (AvgIpc) is 2.91. The molecule has 18 heavy (non-hydrogen) atoms. The van der Waals surface area contributed by atoms with E-state index in [4.69, 9.17) is 15.2 Å². The second kappa shape index (κ2) is 8.13. The van der Waals surface area contributed by atoms with Crippen molar-refractivity contribution in [1.82, 2.24) is 0 Å². The van der Waals surface area contributed by atoms with E-state index in [1.165, 1.54) is 44.9 Å². The van der Waals surface area contributed by atoms with Crippen molar-refractivity contribution < 1.29 is 9.47 Å². The van der Waals surface area contributed by atoms with Gasteiger partial charge in [0.2, 0.25) is 0 Å². The molecule has 0 bridgehead atoms. The number of nitrogens with two attached hydrogens (primary N) is 1. The van der Waals surface area contributed by atoms with E-state index in [-0.39, 0.29) is 0 Å². The van der Waals surface area contributed by atoms with Gasteiger partial charge in [-0.3, -0.25) is 0 Å². The van der Waals surface area contributed by atoms with Crippen molar-refractivity contribution in [3.8, 4) is 0 Å². The van der Waals surface area contributed by atoms with E-state index in [2.05, 4.69) is 0 Å². The largest absolute Gasteiger partial charge is 0.378 e. The lowest BCUT2D eigenvalue weighted by atomic mass is 9.98. The fraction of sp³-hybridized carbons (Fsp3) is 1.00. The fourth-order valence-electron chi connectivity index (χ4n) is 3.06. The van der Waals surface area contributed by atoms with Gasteiger partial charge in [-0.25, -0.2) is 0 Å². The minimum atomic E-state index is 0.358. The molecular weight excluding hydrogens is 226 g/mol. The van der Waals surface area contributed by atoms with E-state index in [9.17, 15) is 0 Å². The zero-order valence-corrected chi connectivity index (χ0v) is 11.6. The normalized spacial score (nSPS) is 30.5. The average molecular weight is 255 g/mol. The van der Waals surface area contributed by atoms with Gasteiger partial charge in [-0.2, -0.15) is 0 Å². The molecule has 2 saturated heterocycles. The van der Waals surface area contributed by atoms with Gasteiger partial charge in [-0.05, 0) is 64.2 Å². The third kappa shape index (κ3) is 5.25. The molecule has 0 radical (unpaired) electrons. The zero-order valence-electron chi connectivity index (χ0n) is 11.6. The summed E-state index contributed by atoms with van der Waals surface area (Å²) in [6, 6.07) is 0.358. The van der Waals surface area contributed by atoms with Crippen molar-refractivity contribution in [3.63, 3.8) is 0 Å². The van der Waals surface area contributed by atoms with Crippen LogP contribution in [0.1, 0.15) is 64.2 Å². The van der Waals surface area contributed by atoms with Gasteiger partial charge in [0.25, 0.3) is 0 Å². The highest BCUT2D eigenvalue weighted by Crippen LogP contribution is 2.20. The van der Waals surface area contributed by atoms with Crippen LogP contribution in [0.25, 0.3) is 0 Å². The maximum absolute atomic E-state index is 6.18. The summed E-state index contributed by atoms with van der Waals surface area (Å²) >= 11 is 0. The van der Waals surface area contributed by atoms with Gasteiger partial charge >= 0.3 is 0 Å². The van der Waals surface area contributed by atoms with Gasteiger partial charge in [-0.15, -0.1) is 0 Å². The van der Waals surface area contributed by atoms with Crippen LogP contribution in [0.3, 0.4) is 0 Å². The predicted octanol–water partition coefficient (Wildman–Crippen LogP) is 3.01. The Kier molecular flexibility index (Phi) is 6.46. The summed E-state index contributed by atoms with van der Waals surface area (Å²) < 4.78 is 11.4. The zero-order chi connectivity index (χ0) is 12.6. The summed E-state index contributed by atoms with van der Waals surface area (Å²) in [7, 11) is 0.